The van der Waals surface area contributed by atoms with Crippen LogP contribution in [0.15, 0.2) is 106 Å². The lowest BCUT2D eigenvalue weighted by atomic mass is 9.83. The maximum Gasteiger partial charge on any atom is 0.271 e. The predicted molar refractivity (Wildman–Crippen MR) is 150 cm³/mol. The number of aromatic nitrogens is 1. The van der Waals surface area contributed by atoms with Crippen LogP contribution in [-0.2, 0) is 6.42 Å². The summed E-state index contributed by atoms with van der Waals surface area (Å²) in [7, 11) is 1.67. The minimum absolute atomic E-state index is 0.0157. The molecule has 4 nitrogen and oxygen atoms in total. The second-order valence-corrected chi connectivity index (χ2v) is 10.4. The van der Waals surface area contributed by atoms with Gasteiger partial charge in [0.15, 0.2) is 4.80 Å². The molecule has 1 aliphatic carbocycles. The monoisotopic (exact) mass is 500 g/mol. The number of nitrogens with zero attached hydrogens (tertiary/aromatic N) is 2. The Bertz CT molecular complexity index is 1900. The van der Waals surface area contributed by atoms with Gasteiger partial charge in [0.2, 0.25) is 0 Å². The van der Waals surface area contributed by atoms with E-state index in [1.807, 2.05) is 53.1 Å². The lowest BCUT2D eigenvalue weighted by molar-refractivity contribution is 0.414. The van der Waals surface area contributed by atoms with Crippen molar-refractivity contribution in [2.24, 2.45) is 4.99 Å². The number of hydrogen-bond acceptors (Lipinski definition) is 4. The molecule has 1 aliphatic heterocycles. The molecule has 1 atom stereocenters. The largest absolute Gasteiger partial charge is 0.496 e. The Morgan fingerprint density at radius 2 is 1.70 bits per heavy atom. The summed E-state index contributed by atoms with van der Waals surface area (Å²) in [6, 6.07) is 30.9. The van der Waals surface area contributed by atoms with Crippen molar-refractivity contribution in [1.82, 2.24) is 4.57 Å². The number of methoxy groups -OCH3 is 1. The summed E-state index contributed by atoms with van der Waals surface area (Å²) in [5, 5.41) is 2.16. The lowest BCUT2D eigenvalue weighted by Gasteiger charge is -2.30. The number of thiazole rings is 1. The third-order valence-corrected chi connectivity index (χ3v) is 8.40. The van der Waals surface area contributed by atoms with Crippen LogP contribution in [0.2, 0.25) is 0 Å². The fourth-order valence-corrected chi connectivity index (χ4v) is 6.67. The van der Waals surface area contributed by atoms with E-state index < -0.39 is 0 Å². The molecular weight excluding hydrogens is 476 g/mol. The highest BCUT2D eigenvalue weighted by Gasteiger charge is 2.32. The Kier molecular flexibility index (Phi) is 5.18. The van der Waals surface area contributed by atoms with Gasteiger partial charge in [-0.25, -0.2) is 4.99 Å². The van der Waals surface area contributed by atoms with E-state index in [9.17, 15) is 4.79 Å². The summed E-state index contributed by atoms with van der Waals surface area (Å²) >= 11 is 1.45. The molecule has 0 saturated heterocycles. The van der Waals surface area contributed by atoms with Gasteiger partial charge in [-0.15, -0.1) is 0 Å². The summed E-state index contributed by atoms with van der Waals surface area (Å²) in [5.41, 5.74) is 6.74. The molecule has 0 spiro atoms. The van der Waals surface area contributed by atoms with Crippen LogP contribution < -0.4 is 19.6 Å². The van der Waals surface area contributed by atoms with Crippen LogP contribution in [0.4, 0.5) is 0 Å². The van der Waals surface area contributed by atoms with Crippen LogP contribution in [0.3, 0.4) is 0 Å². The quantitative estimate of drug-likeness (QED) is 0.329. The minimum atomic E-state index is -0.169. The minimum Gasteiger partial charge on any atom is -0.496 e. The van der Waals surface area contributed by atoms with Crippen LogP contribution in [0, 0.1) is 0 Å². The van der Waals surface area contributed by atoms with Crippen LogP contribution >= 0.6 is 11.3 Å². The molecule has 0 N–H and O–H groups in total. The highest BCUT2D eigenvalue weighted by atomic mass is 32.1. The van der Waals surface area contributed by atoms with E-state index in [2.05, 4.69) is 48.5 Å². The third-order valence-electron chi connectivity index (χ3n) is 7.41. The zero-order valence-corrected chi connectivity index (χ0v) is 21.2. The van der Waals surface area contributed by atoms with E-state index >= 15 is 0 Å². The first-order valence-corrected chi connectivity index (χ1v) is 13.3. The molecule has 0 fully saturated rings. The Hall–Kier alpha value is -4.22. The Balaban J connectivity index is 1.52. The van der Waals surface area contributed by atoms with Crippen LogP contribution in [0.5, 0.6) is 5.75 Å². The Labute approximate surface area is 218 Å². The first kappa shape index (κ1) is 22.0. The van der Waals surface area contributed by atoms with Crippen molar-refractivity contribution in [2.75, 3.05) is 7.11 Å². The number of ether oxygens (including phenoxy) is 1. The van der Waals surface area contributed by atoms with Gasteiger partial charge in [0.05, 0.1) is 23.4 Å². The zero-order valence-electron chi connectivity index (χ0n) is 20.3. The average Bonchev–Trinajstić information content (AvgIpc) is 3.26. The second kappa shape index (κ2) is 8.71. The van der Waals surface area contributed by atoms with Gasteiger partial charge < -0.3 is 4.74 Å². The number of hydrogen-bond donors (Lipinski definition) is 0. The van der Waals surface area contributed by atoms with Gasteiger partial charge in [-0.2, -0.15) is 0 Å². The van der Waals surface area contributed by atoms with Gasteiger partial charge in [0, 0.05) is 11.1 Å². The molecule has 0 unspecified atom stereocenters. The van der Waals surface area contributed by atoms with Crippen molar-refractivity contribution in [2.45, 2.75) is 18.9 Å². The van der Waals surface area contributed by atoms with Crippen LogP contribution in [-0.4, -0.2) is 11.7 Å². The smallest absolute Gasteiger partial charge is 0.271 e. The first-order valence-electron chi connectivity index (χ1n) is 12.5. The Morgan fingerprint density at radius 3 is 2.57 bits per heavy atom. The molecule has 0 radical (unpaired) electrons. The highest BCUT2D eigenvalue weighted by molar-refractivity contribution is 7.07. The van der Waals surface area contributed by atoms with E-state index in [4.69, 9.17) is 9.73 Å². The van der Waals surface area contributed by atoms with Crippen molar-refractivity contribution in [1.29, 1.82) is 0 Å². The fraction of sp³-hybridized carbons (Fsp3) is 0.125. The third kappa shape index (κ3) is 3.50. The van der Waals surface area contributed by atoms with Crippen molar-refractivity contribution >= 4 is 33.9 Å². The summed E-state index contributed by atoms with van der Waals surface area (Å²) in [6.45, 7) is 0. The fourth-order valence-electron chi connectivity index (χ4n) is 5.69. The number of allylic oxidation sites excluding steroid dienone is 1. The molecule has 7 rings (SSSR count). The maximum atomic E-state index is 14.1. The molecule has 5 aromatic rings. The molecular formula is C32H24N2O2S. The van der Waals surface area contributed by atoms with Crippen molar-refractivity contribution in [3.05, 3.63) is 139 Å². The molecule has 37 heavy (non-hydrogen) atoms. The molecule has 0 amide bonds. The maximum absolute atomic E-state index is 14.1. The SMILES string of the molecule is COc1ccc2ccccc2c1/C=c1\sc2n(c1=O)[C@H](c1ccccc1)C1=C(N=2)c2ccccc2CC1. The van der Waals surface area contributed by atoms with Gasteiger partial charge in [0.25, 0.3) is 5.56 Å². The van der Waals surface area contributed by atoms with E-state index in [0.29, 0.717) is 4.53 Å². The van der Waals surface area contributed by atoms with Crippen LogP contribution in [0.1, 0.15) is 34.7 Å². The van der Waals surface area contributed by atoms with Crippen LogP contribution in [0.25, 0.3) is 22.5 Å². The predicted octanol–water partition coefficient (Wildman–Crippen LogP) is 5.48. The van der Waals surface area contributed by atoms with Crippen molar-refractivity contribution < 1.29 is 4.74 Å². The lowest BCUT2D eigenvalue weighted by Crippen LogP contribution is -2.38. The number of benzene rings is 4. The van der Waals surface area contributed by atoms with Gasteiger partial charge in [-0.3, -0.25) is 9.36 Å². The number of aryl methyl sites for hydroxylation is 1. The van der Waals surface area contributed by atoms with E-state index in [0.717, 1.165) is 51.0 Å². The highest BCUT2D eigenvalue weighted by Crippen LogP contribution is 2.41. The van der Waals surface area contributed by atoms with E-state index in [1.54, 1.807) is 7.11 Å². The van der Waals surface area contributed by atoms with Gasteiger partial charge in [-0.1, -0.05) is 96.3 Å². The number of rotatable bonds is 3. The molecule has 4 aromatic carbocycles. The molecule has 180 valence electrons. The van der Waals surface area contributed by atoms with E-state index in [-0.39, 0.29) is 11.6 Å². The first-order chi connectivity index (χ1) is 18.2. The van der Waals surface area contributed by atoms with Gasteiger partial charge in [0.1, 0.15) is 5.75 Å². The molecule has 2 aliphatic rings. The average molecular weight is 501 g/mol. The molecule has 0 bridgehead atoms. The molecule has 1 aromatic heterocycles. The van der Waals surface area contributed by atoms with Crippen molar-refractivity contribution in [3.8, 4) is 5.75 Å². The Morgan fingerprint density at radius 1 is 0.919 bits per heavy atom. The topological polar surface area (TPSA) is 43.6 Å². The summed E-state index contributed by atoms with van der Waals surface area (Å²) < 4.78 is 8.26. The summed E-state index contributed by atoms with van der Waals surface area (Å²) in [4.78, 5) is 19.9. The van der Waals surface area contributed by atoms with Crippen molar-refractivity contribution in [3.63, 3.8) is 0 Å². The zero-order chi connectivity index (χ0) is 24.9. The molecule has 0 saturated carbocycles. The van der Waals surface area contributed by atoms with E-state index in [1.165, 1.54) is 28.0 Å². The summed E-state index contributed by atoms with van der Waals surface area (Å²) in [5.74, 6) is 0.748. The number of fused-ring (bicyclic) bond motifs is 4. The van der Waals surface area contributed by atoms with Gasteiger partial charge >= 0.3 is 0 Å². The molecule has 5 heteroatoms. The standard InChI is InChI=1S/C32H24N2O2S/c1-36-27-18-16-20-9-5-7-13-23(20)26(27)19-28-31(35)34-30(22-11-3-2-4-12-22)25-17-15-21-10-6-8-14-24(21)29(25)33-32(34)37-28/h2-14,16,18-19,30H,15,17H2,1H3/b28-19-/t30-/m1/s1. The molecule has 2 heterocycles. The normalized spacial score (nSPS) is 16.7. The van der Waals surface area contributed by atoms with Gasteiger partial charge in [-0.05, 0) is 52.5 Å². The second-order valence-electron chi connectivity index (χ2n) is 9.43. The summed E-state index contributed by atoms with van der Waals surface area (Å²) in [6.07, 6.45) is 3.81.